The number of fused-ring (bicyclic) bond motifs is 3. The van der Waals surface area contributed by atoms with Gasteiger partial charge in [0.05, 0.1) is 16.6 Å². The molecule has 1 aliphatic carbocycles. The van der Waals surface area contributed by atoms with Gasteiger partial charge < -0.3 is 9.88 Å². The van der Waals surface area contributed by atoms with Gasteiger partial charge in [-0.2, -0.15) is 0 Å². The Morgan fingerprint density at radius 2 is 1.81 bits per heavy atom. The van der Waals surface area contributed by atoms with Crippen molar-refractivity contribution in [2.24, 2.45) is 5.92 Å². The average Bonchev–Trinajstić information content (AvgIpc) is 3.47. The van der Waals surface area contributed by atoms with E-state index in [1.807, 2.05) is 47.9 Å². The van der Waals surface area contributed by atoms with Crippen LogP contribution in [-0.4, -0.2) is 25.0 Å². The van der Waals surface area contributed by atoms with Crippen LogP contribution in [0.3, 0.4) is 0 Å². The smallest absolute Gasteiger partial charge is 0.272 e. The molecule has 6 heteroatoms. The number of hydrogen-bond acceptors (Lipinski definition) is 3. The summed E-state index contributed by atoms with van der Waals surface area (Å²) in [4.78, 5) is 22.4. The molecule has 0 radical (unpaired) electrons. The summed E-state index contributed by atoms with van der Waals surface area (Å²) in [6.07, 6.45) is 5.94. The Labute approximate surface area is 185 Å². The van der Waals surface area contributed by atoms with Gasteiger partial charge >= 0.3 is 0 Å². The number of nitrogens with zero attached hydrogens (tertiary/aromatic N) is 4. The molecule has 0 aliphatic heterocycles. The maximum atomic E-state index is 13.5. The van der Waals surface area contributed by atoms with Gasteiger partial charge in [0.2, 0.25) is 5.95 Å². The Morgan fingerprint density at radius 3 is 2.59 bits per heavy atom. The highest BCUT2D eigenvalue weighted by molar-refractivity contribution is 6.13. The van der Waals surface area contributed by atoms with E-state index in [9.17, 15) is 4.79 Å². The van der Waals surface area contributed by atoms with Gasteiger partial charge in [-0.15, -0.1) is 0 Å². The predicted octanol–water partition coefficient (Wildman–Crippen LogP) is 5.35. The number of carbonyl (C=O) groups excluding carboxylic acids is 1. The van der Waals surface area contributed by atoms with Crippen LogP contribution >= 0.6 is 0 Å². The van der Waals surface area contributed by atoms with Crippen LogP contribution < -0.4 is 5.32 Å². The third kappa shape index (κ3) is 3.15. The van der Waals surface area contributed by atoms with E-state index < -0.39 is 0 Å². The topological polar surface area (TPSA) is 64.7 Å². The second-order valence-electron chi connectivity index (χ2n) is 8.54. The average molecular weight is 422 g/mol. The summed E-state index contributed by atoms with van der Waals surface area (Å²) in [6.45, 7) is 2.97. The highest BCUT2D eigenvalue weighted by atomic mass is 16.2. The van der Waals surface area contributed by atoms with Crippen LogP contribution in [0.15, 0.2) is 73.1 Å². The minimum absolute atomic E-state index is 0.179. The Hall–Kier alpha value is -3.93. The number of aromatic nitrogens is 4. The third-order valence-electron chi connectivity index (χ3n) is 6.12. The van der Waals surface area contributed by atoms with Crippen LogP contribution in [-0.2, 0) is 6.54 Å². The van der Waals surface area contributed by atoms with Crippen molar-refractivity contribution in [1.29, 1.82) is 0 Å². The fourth-order valence-electron chi connectivity index (χ4n) is 4.46. The van der Waals surface area contributed by atoms with Crippen LogP contribution in [0.1, 0.15) is 28.9 Å². The van der Waals surface area contributed by atoms with E-state index in [1.165, 1.54) is 18.4 Å². The second-order valence-corrected chi connectivity index (χ2v) is 8.54. The van der Waals surface area contributed by atoms with E-state index in [4.69, 9.17) is 0 Å². The largest absolute Gasteiger partial charge is 0.339 e. The van der Waals surface area contributed by atoms with Gasteiger partial charge in [-0.25, -0.2) is 9.97 Å². The highest BCUT2D eigenvalue weighted by Gasteiger charge is 2.27. The molecule has 0 atom stereocenters. The maximum Gasteiger partial charge on any atom is 0.272 e. The van der Waals surface area contributed by atoms with Gasteiger partial charge in [0.1, 0.15) is 5.69 Å². The molecule has 5 aromatic rings. The zero-order valence-electron chi connectivity index (χ0n) is 17.8. The van der Waals surface area contributed by atoms with E-state index >= 15 is 0 Å². The van der Waals surface area contributed by atoms with Gasteiger partial charge in [-0.1, -0.05) is 30.3 Å². The van der Waals surface area contributed by atoms with Crippen LogP contribution in [0.5, 0.6) is 0 Å². The molecule has 6 rings (SSSR count). The molecule has 1 amide bonds. The second kappa shape index (κ2) is 7.34. The summed E-state index contributed by atoms with van der Waals surface area (Å²) in [7, 11) is 0. The monoisotopic (exact) mass is 421 g/mol. The third-order valence-corrected chi connectivity index (χ3v) is 6.12. The number of para-hydroxylation sites is 1. The van der Waals surface area contributed by atoms with E-state index in [1.54, 1.807) is 18.5 Å². The van der Waals surface area contributed by atoms with Gasteiger partial charge in [0, 0.05) is 30.0 Å². The number of benzene rings is 2. The molecule has 1 aliphatic rings. The molecule has 158 valence electrons. The van der Waals surface area contributed by atoms with Gasteiger partial charge in [-0.05, 0) is 61.6 Å². The number of nitrogens with one attached hydrogen (secondary N) is 1. The summed E-state index contributed by atoms with van der Waals surface area (Å²) in [5, 5.41) is 4.16. The van der Waals surface area contributed by atoms with Crippen LogP contribution in [0, 0.1) is 12.8 Å². The molecule has 0 spiro atoms. The molecule has 3 aromatic heterocycles. The number of aryl methyl sites for hydroxylation is 1. The van der Waals surface area contributed by atoms with Crippen molar-refractivity contribution in [2.75, 3.05) is 5.32 Å². The van der Waals surface area contributed by atoms with Crippen LogP contribution in [0.4, 0.5) is 5.69 Å². The fourth-order valence-corrected chi connectivity index (χ4v) is 4.46. The number of anilines is 1. The molecule has 0 unspecified atom stereocenters. The summed E-state index contributed by atoms with van der Waals surface area (Å²) in [5.74, 6) is 1.02. The van der Waals surface area contributed by atoms with Gasteiger partial charge in [0.15, 0.2) is 0 Å². The van der Waals surface area contributed by atoms with Crippen molar-refractivity contribution < 1.29 is 4.79 Å². The van der Waals surface area contributed by atoms with Crippen molar-refractivity contribution in [3.8, 4) is 5.95 Å². The predicted molar refractivity (Wildman–Crippen MR) is 126 cm³/mol. The normalized spacial score (nSPS) is 13.7. The molecular weight excluding hydrogens is 398 g/mol. The molecule has 2 aromatic carbocycles. The molecule has 1 fully saturated rings. The molecule has 0 saturated heterocycles. The van der Waals surface area contributed by atoms with Crippen molar-refractivity contribution >= 4 is 33.5 Å². The van der Waals surface area contributed by atoms with E-state index in [-0.39, 0.29) is 5.91 Å². The molecule has 32 heavy (non-hydrogen) atoms. The van der Waals surface area contributed by atoms with E-state index in [0.29, 0.717) is 17.6 Å². The minimum Gasteiger partial charge on any atom is -0.339 e. The van der Waals surface area contributed by atoms with Gasteiger partial charge in [-0.3, -0.25) is 9.36 Å². The SMILES string of the molecule is Cc1cccc(NC(=O)c2cc3c(c4ccccc4n3CC3CC3)n2-c2ncccn2)c1. The summed E-state index contributed by atoms with van der Waals surface area (Å²) >= 11 is 0. The Morgan fingerprint density at radius 1 is 1.00 bits per heavy atom. The van der Waals surface area contributed by atoms with Crippen molar-refractivity contribution in [2.45, 2.75) is 26.3 Å². The summed E-state index contributed by atoms with van der Waals surface area (Å²) in [5.41, 5.74) is 5.59. The first-order chi connectivity index (χ1) is 15.7. The Balaban J connectivity index is 1.58. The lowest BCUT2D eigenvalue weighted by Crippen LogP contribution is -2.17. The first-order valence-corrected chi connectivity index (χ1v) is 11.0. The summed E-state index contributed by atoms with van der Waals surface area (Å²) in [6, 6.07) is 20.0. The van der Waals surface area contributed by atoms with Crippen molar-refractivity contribution in [3.63, 3.8) is 0 Å². The van der Waals surface area contributed by atoms with Gasteiger partial charge in [0.25, 0.3) is 5.91 Å². The van der Waals surface area contributed by atoms with E-state index in [2.05, 4.69) is 38.1 Å². The number of amides is 1. The molecule has 1 N–H and O–H groups in total. The highest BCUT2D eigenvalue weighted by Crippen LogP contribution is 2.38. The molecule has 3 heterocycles. The first-order valence-electron chi connectivity index (χ1n) is 11.0. The minimum atomic E-state index is -0.179. The molecule has 1 saturated carbocycles. The fraction of sp³-hybridized carbons (Fsp3) is 0.192. The zero-order chi connectivity index (χ0) is 21.7. The quantitative estimate of drug-likeness (QED) is 0.416. The summed E-state index contributed by atoms with van der Waals surface area (Å²) < 4.78 is 4.25. The molecule has 0 bridgehead atoms. The van der Waals surface area contributed by atoms with Crippen LogP contribution in [0.25, 0.3) is 27.9 Å². The zero-order valence-corrected chi connectivity index (χ0v) is 17.8. The Bertz CT molecular complexity index is 1460. The standard InChI is InChI=1S/C26H23N5O/c1-17-6-4-7-19(14-17)29-25(32)23-15-22-24(31(23)26-27-12-5-13-28-26)20-8-2-3-9-21(20)30(22)16-18-10-11-18/h2-9,12-15,18H,10-11,16H2,1H3,(H,29,32). The van der Waals surface area contributed by atoms with Crippen LogP contribution in [0.2, 0.25) is 0 Å². The Kier molecular flexibility index (Phi) is 4.31. The lowest BCUT2D eigenvalue weighted by atomic mass is 10.2. The lowest BCUT2D eigenvalue weighted by Gasteiger charge is -2.10. The molecule has 6 nitrogen and oxygen atoms in total. The van der Waals surface area contributed by atoms with E-state index in [0.717, 1.165) is 34.2 Å². The number of carbonyl (C=O) groups is 1. The maximum absolute atomic E-state index is 13.5. The molecular formula is C26H23N5O. The van der Waals surface area contributed by atoms with Crippen molar-refractivity contribution in [3.05, 3.63) is 84.3 Å². The number of hydrogen-bond donors (Lipinski definition) is 1. The lowest BCUT2D eigenvalue weighted by molar-refractivity contribution is 0.102. The van der Waals surface area contributed by atoms with Crippen molar-refractivity contribution in [1.82, 2.24) is 19.1 Å². The first kappa shape index (κ1) is 18.8. The number of rotatable bonds is 5.